The molecule has 0 aliphatic heterocycles. The second kappa shape index (κ2) is 4.44. The van der Waals surface area contributed by atoms with Crippen molar-refractivity contribution >= 4 is 21.8 Å². The minimum Gasteiger partial charge on any atom is -0.347 e. The van der Waals surface area contributed by atoms with Crippen molar-refractivity contribution in [3.63, 3.8) is 0 Å². The van der Waals surface area contributed by atoms with Crippen LogP contribution in [0.5, 0.6) is 0 Å². The van der Waals surface area contributed by atoms with Gasteiger partial charge in [-0.25, -0.2) is 4.68 Å². The molecule has 4 nitrogen and oxygen atoms in total. The van der Waals surface area contributed by atoms with Crippen LogP contribution in [0.25, 0.3) is 0 Å². The summed E-state index contributed by atoms with van der Waals surface area (Å²) in [7, 11) is 3.04. The molecule has 0 bridgehead atoms. The molecular formula is C8H9BrF3N3O. The van der Waals surface area contributed by atoms with Gasteiger partial charge < -0.3 is 4.90 Å². The number of carbonyl (C=O) groups is 1. The minimum absolute atomic E-state index is 0.120. The topological polar surface area (TPSA) is 38.1 Å². The van der Waals surface area contributed by atoms with Crippen LogP contribution < -0.4 is 0 Å². The molecule has 90 valence electrons. The lowest BCUT2D eigenvalue weighted by Crippen LogP contribution is -2.27. The Bertz CT molecular complexity index is 400. The predicted molar refractivity (Wildman–Crippen MR) is 53.6 cm³/mol. The molecule has 0 aliphatic rings. The molecular weight excluding hydrogens is 291 g/mol. The highest BCUT2D eigenvalue weighted by Gasteiger charge is 2.34. The van der Waals surface area contributed by atoms with Crippen molar-refractivity contribution in [2.75, 3.05) is 14.1 Å². The number of rotatable bonds is 2. The molecule has 0 atom stereocenters. The van der Waals surface area contributed by atoms with Gasteiger partial charge in [0.2, 0.25) is 5.91 Å². The highest BCUT2D eigenvalue weighted by Crippen LogP contribution is 2.29. The van der Waals surface area contributed by atoms with Crippen molar-refractivity contribution in [1.29, 1.82) is 0 Å². The summed E-state index contributed by atoms with van der Waals surface area (Å²) < 4.78 is 37.9. The van der Waals surface area contributed by atoms with E-state index in [4.69, 9.17) is 0 Å². The van der Waals surface area contributed by atoms with Gasteiger partial charge in [-0.2, -0.15) is 18.3 Å². The van der Waals surface area contributed by atoms with E-state index < -0.39 is 11.9 Å². The van der Waals surface area contributed by atoms with Gasteiger partial charge in [0.15, 0.2) is 5.69 Å². The molecule has 0 unspecified atom stereocenters. The van der Waals surface area contributed by atoms with E-state index in [9.17, 15) is 18.0 Å². The van der Waals surface area contributed by atoms with E-state index in [-0.39, 0.29) is 17.1 Å². The van der Waals surface area contributed by atoms with E-state index in [0.717, 1.165) is 10.7 Å². The van der Waals surface area contributed by atoms with Gasteiger partial charge in [0, 0.05) is 20.2 Å². The first-order valence-electron chi connectivity index (χ1n) is 4.22. The average Bonchev–Trinajstić information content (AvgIpc) is 2.47. The zero-order chi connectivity index (χ0) is 12.5. The third-order valence-corrected chi connectivity index (χ3v) is 2.44. The summed E-state index contributed by atoms with van der Waals surface area (Å²) >= 11 is 2.92. The third-order valence-electron chi connectivity index (χ3n) is 1.81. The van der Waals surface area contributed by atoms with Crippen LogP contribution in [-0.2, 0) is 17.5 Å². The quantitative estimate of drug-likeness (QED) is 0.834. The summed E-state index contributed by atoms with van der Waals surface area (Å²) in [5, 5.41) is 3.30. The molecule has 0 N–H and O–H groups in total. The number of nitrogens with zero attached hydrogens (tertiary/aromatic N) is 3. The van der Waals surface area contributed by atoms with E-state index in [0.29, 0.717) is 0 Å². The van der Waals surface area contributed by atoms with Gasteiger partial charge in [0.1, 0.15) is 11.1 Å². The van der Waals surface area contributed by atoms with E-state index in [1.54, 1.807) is 0 Å². The van der Waals surface area contributed by atoms with Crippen LogP contribution in [0.15, 0.2) is 10.7 Å². The Labute approximate surface area is 98.1 Å². The van der Waals surface area contributed by atoms with Gasteiger partial charge in [-0.05, 0) is 15.9 Å². The zero-order valence-electron chi connectivity index (χ0n) is 8.55. The number of carbonyl (C=O) groups excluding carboxylic acids is 1. The highest BCUT2D eigenvalue weighted by molar-refractivity contribution is 9.10. The maximum atomic E-state index is 12.3. The van der Waals surface area contributed by atoms with Crippen LogP contribution in [0.4, 0.5) is 13.2 Å². The number of amides is 1. The van der Waals surface area contributed by atoms with Gasteiger partial charge in [-0.1, -0.05) is 0 Å². The number of halogens is 4. The molecule has 1 rings (SSSR count). The number of alkyl halides is 3. The molecule has 0 saturated carbocycles. The van der Waals surface area contributed by atoms with Crippen molar-refractivity contribution in [3.05, 3.63) is 16.4 Å². The monoisotopic (exact) mass is 299 g/mol. The third kappa shape index (κ3) is 2.97. The molecule has 1 amide bonds. The Hall–Kier alpha value is -1.05. The van der Waals surface area contributed by atoms with Crippen molar-refractivity contribution in [2.45, 2.75) is 12.7 Å². The molecule has 1 aromatic rings. The highest BCUT2D eigenvalue weighted by atomic mass is 79.9. The average molecular weight is 300 g/mol. The van der Waals surface area contributed by atoms with Crippen LogP contribution >= 0.6 is 15.9 Å². The summed E-state index contributed by atoms with van der Waals surface area (Å²) in [6.07, 6.45) is -4.51. The number of hydrogen-bond donors (Lipinski definition) is 0. The van der Waals surface area contributed by atoms with E-state index >= 15 is 0 Å². The Morgan fingerprint density at radius 2 is 2.12 bits per heavy atom. The van der Waals surface area contributed by atoms with E-state index in [2.05, 4.69) is 21.0 Å². The lowest BCUT2D eigenvalue weighted by atomic mass is 10.4. The van der Waals surface area contributed by atoms with E-state index in [1.165, 1.54) is 19.0 Å². The molecule has 0 radical (unpaired) electrons. The van der Waals surface area contributed by atoms with Gasteiger partial charge in [-0.15, -0.1) is 0 Å². The Kier molecular flexibility index (Phi) is 3.61. The molecule has 0 saturated heterocycles. The summed E-state index contributed by atoms with van der Waals surface area (Å²) in [5.41, 5.74) is -1.02. The molecule has 1 aromatic heterocycles. The van der Waals surface area contributed by atoms with Crippen LogP contribution in [-0.4, -0.2) is 34.7 Å². The van der Waals surface area contributed by atoms with Crippen LogP contribution in [0.2, 0.25) is 0 Å². The minimum atomic E-state index is -4.51. The van der Waals surface area contributed by atoms with Crippen LogP contribution in [0, 0.1) is 0 Å². The fourth-order valence-corrected chi connectivity index (χ4v) is 1.33. The Morgan fingerprint density at radius 1 is 1.56 bits per heavy atom. The fraction of sp³-hybridized carbons (Fsp3) is 0.500. The first-order chi connectivity index (χ1) is 7.21. The smallest absolute Gasteiger partial charge is 0.347 e. The number of likely N-dealkylation sites (N-methyl/N-ethyl adjacent to an activating group) is 1. The second-order valence-corrected chi connectivity index (χ2v) is 4.11. The molecule has 0 aromatic carbocycles. The SMILES string of the molecule is CN(C)C(=O)Cn1nc(C(F)(F)F)cc1Br. The normalized spacial score (nSPS) is 11.6. The first kappa shape index (κ1) is 13.0. The maximum absolute atomic E-state index is 12.3. The fourth-order valence-electron chi connectivity index (χ4n) is 0.913. The van der Waals surface area contributed by atoms with Gasteiger partial charge >= 0.3 is 6.18 Å². The largest absolute Gasteiger partial charge is 0.435 e. The summed E-state index contributed by atoms with van der Waals surface area (Å²) in [6, 6.07) is 0.836. The molecule has 0 spiro atoms. The van der Waals surface area contributed by atoms with Crippen molar-refractivity contribution in [1.82, 2.24) is 14.7 Å². The second-order valence-electron chi connectivity index (χ2n) is 3.30. The molecule has 0 aliphatic carbocycles. The lowest BCUT2D eigenvalue weighted by Gasteiger charge is -2.10. The molecule has 8 heteroatoms. The van der Waals surface area contributed by atoms with Crippen molar-refractivity contribution in [3.8, 4) is 0 Å². The molecule has 16 heavy (non-hydrogen) atoms. The van der Waals surface area contributed by atoms with Gasteiger partial charge in [0.25, 0.3) is 0 Å². The van der Waals surface area contributed by atoms with Gasteiger partial charge in [0.05, 0.1) is 0 Å². The van der Waals surface area contributed by atoms with E-state index in [1.807, 2.05) is 0 Å². The standard InChI is InChI=1S/C8H9BrF3N3O/c1-14(2)7(16)4-15-6(9)3-5(13-15)8(10,11)12/h3H,4H2,1-2H3. The summed E-state index contributed by atoms with van der Waals surface area (Å²) in [6.45, 7) is -0.232. The van der Waals surface area contributed by atoms with Crippen molar-refractivity contribution in [2.24, 2.45) is 0 Å². The predicted octanol–water partition coefficient (Wildman–Crippen LogP) is 1.75. The first-order valence-corrected chi connectivity index (χ1v) is 5.02. The number of aromatic nitrogens is 2. The zero-order valence-corrected chi connectivity index (χ0v) is 10.1. The van der Waals surface area contributed by atoms with Crippen LogP contribution in [0.1, 0.15) is 5.69 Å². The Morgan fingerprint density at radius 3 is 2.50 bits per heavy atom. The summed E-state index contributed by atoms with van der Waals surface area (Å²) in [4.78, 5) is 12.6. The lowest BCUT2D eigenvalue weighted by molar-refractivity contribution is -0.142. The molecule has 0 fully saturated rings. The summed E-state index contributed by atoms with van der Waals surface area (Å²) in [5.74, 6) is -0.336. The molecule has 1 heterocycles. The maximum Gasteiger partial charge on any atom is 0.435 e. The van der Waals surface area contributed by atoms with Crippen molar-refractivity contribution < 1.29 is 18.0 Å². The van der Waals surface area contributed by atoms with Crippen LogP contribution in [0.3, 0.4) is 0 Å². The van der Waals surface area contributed by atoms with Gasteiger partial charge in [-0.3, -0.25) is 4.79 Å². The number of hydrogen-bond acceptors (Lipinski definition) is 2. The Balaban J connectivity index is 2.91.